The second-order valence-electron chi connectivity index (χ2n) is 4.99. The molecule has 2 atom stereocenters. The molecule has 1 aliphatic rings. The van der Waals surface area contributed by atoms with Gasteiger partial charge in [0.05, 0.1) is 23.7 Å². The highest BCUT2D eigenvalue weighted by Crippen LogP contribution is 2.28. The van der Waals surface area contributed by atoms with E-state index in [1.165, 1.54) is 25.3 Å². The number of hydrogen-bond donors (Lipinski definition) is 1. The Labute approximate surface area is 122 Å². The molecule has 1 fully saturated rings. The fourth-order valence-corrected chi connectivity index (χ4v) is 2.37. The first-order valence-corrected chi connectivity index (χ1v) is 6.75. The Morgan fingerprint density at radius 2 is 2.33 bits per heavy atom. The van der Waals surface area contributed by atoms with E-state index < -0.39 is 10.9 Å². The molecule has 7 heteroatoms. The second kappa shape index (κ2) is 6.53. The summed E-state index contributed by atoms with van der Waals surface area (Å²) in [6, 6.07) is 4.14. The molecule has 0 radical (unpaired) electrons. The van der Waals surface area contributed by atoms with Crippen LogP contribution in [0.4, 0.5) is 11.4 Å². The highest BCUT2D eigenvalue weighted by Gasteiger charge is 2.25. The third kappa shape index (κ3) is 3.49. The van der Waals surface area contributed by atoms with E-state index in [1.807, 2.05) is 6.92 Å². The van der Waals surface area contributed by atoms with Crippen LogP contribution in [0.3, 0.4) is 0 Å². The molecule has 2 unspecified atom stereocenters. The lowest BCUT2D eigenvalue weighted by atomic mass is 10.0. The van der Waals surface area contributed by atoms with Gasteiger partial charge in [-0.05, 0) is 25.5 Å². The van der Waals surface area contributed by atoms with Crippen molar-refractivity contribution in [2.45, 2.75) is 19.4 Å². The van der Waals surface area contributed by atoms with Crippen molar-refractivity contribution in [1.82, 2.24) is 0 Å². The number of nitrogens with one attached hydrogen (secondary N) is 1. The molecule has 1 aromatic rings. The normalized spacial score (nSPS) is 21.0. The molecule has 1 heterocycles. The quantitative estimate of drug-likeness (QED) is 0.508. The Hall–Kier alpha value is -2.15. The predicted octanol–water partition coefficient (Wildman–Crippen LogP) is 2.22. The first-order valence-electron chi connectivity index (χ1n) is 6.75. The fraction of sp³-hybridized carbons (Fsp3) is 0.500. The molecular formula is C14H18N2O5. The summed E-state index contributed by atoms with van der Waals surface area (Å²) < 4.78 is 10.1. The van der Waals surface area contributed by atoms with Gasteiger partial charge in [-0.25, -0.2) is 4.79 Å². The van der Waals surface area contributed by atoms with Gasteiger partial charge in [0, 0.05) is 25.1 Å². The van der Waals surface area contributed by atoms with Gasteiger partial charge in [-0.2, -0.15) is 0 Å². The first-order chi connectivity index (χ1) is 10.0. The van der Waals surface area contributed by atoms with Crippen LogP contribution in [0.5, 0.6) is 0 Å². The molecule has 1 aromatic carbocycles. The van der Waals surface area contributed by atoms with Crippen LogP contribution in [0.25, 0.3) is 0 Å². The van der Waals surface area contributed by atoms with Crippen molar-refractivity contribution in [1.29, 1.82) is 0 Å². The topological polar surface area (TPSA) is 90.7 Å². The van der Waals surface area contributed by atoms with Gasteiger partial charge in [0.1, 0.15) is 5.69 Å². The van der Waals surface area contributed by atoms with E-state index in [0.29, 0.717) is 24.8 Å². The number of nitro groups is 1. The number of esters is 1. The lowest BCUT2D eigenvalue weighted by Gasteiger charge is -2.16. The number of carbonyl (C=O) groups is 1. The highest BCUT2D eigenvalue weighted by atomic mass is 16.6. The van der Waals surface area contributed by atoms with Crippen LogP contribution in [0, 0.1) is 16.0 Å². The summed E-state index contributed by atoms with van der Waals surface area (Å²) in [7, 11) is 1.27. The maximum absolute atomic E-state index is 11.5. The predicted molar refractivity (Wildman–Crippen MR) is 76.4 cm³/mol. The summed E-state index contributed by atoms with van der Waals surface area (Å²) in [6.45, 7) is 3.25. The highest BCUT2D eigenvalue weighted by molar-refractivity contribution is 5.91. The van der Waals surface area contributed by atoms with Crippen molar-refractivity contribution in [3.8, 4) is 0 Å². The van der Waals surface area contributed by atoms with Gasteiger partial charge in [-0.1, -0.05) is 0 Å². The molecule has 2 rings (SSSR count). The number of methoxy groups -OCH3 is 1. The van der Waals surface area contributed by atoms with Crippen LogP contribution in [0.2, 0.25) is 0 Å². The monoisotopic (exact) mass is 294 g/mol. The van der Waals surface area contributed by atoms with E-state index in [2.05, 4.69) is 10.1 Å². The molecule has 114 valence electrons. The Morgan fingerprint density at radius 3 is 2.90 bits per heavy atom. The minimum absolute atomic E-state index is 0.0609. The van der Waals surface area contributed by atoms with Crippen molar-refractivity contribution in [2.75, 3.05) is 25.6 Å². The van der Waals surface area contributed by atoms with Gasteiger partial charge < -0.3 is 14.8 Å². The molecule has 7 nitrogen and oxygen atoms in total. The molecule has 0 spiro atoms. The zero-order valence-corrected chi connectivity index (χ0v) is 12.0. The molecule has 0 amide bonds. The number of rotatable bonds is 5. The third-order valence-corrected chi connectivity index (χ3v) is 3.70. The number of carbonyl (C=O) groups excluding carboxylic acids is 1. The van der Waals surface area contributed by atoms with Crippen molar-refractivity contribution in [3.63, 3.8) is 0 Å². The minimum Gasteiger partial charge on any atom is -0.465 e. The van der Waals surface area contributed by atoms with Gasteiger partial charge >= 0.3 is 5.97 Å². The van der Waals surface area contributed by atoms with Crippen LogP contribution < -0.4 is 5.32 Å². The number of hydrogen-bond acceptors (Lipinski definition) is 6. The van der Waals surface area contributed by atoms with Gasteiger partial charge in [0.25, 0.3) is 5.69 Å². The smallest absolute Gasteiger partial charge is 0.337 e. The first kappa shape index (κ1) is 15.2. The van der Waals surface area contributed by atoms with Crippen LogP contribution in [0.1, 0.15) is 23.7 Å². The summed E-state index contributed by atoms with van der Waals surface area (Å²) in [4.78, 5) is 22.1. The number of benzene rings is 1. The molecule has 1 saturated heterocycles. The zero-order valence-electron chi connectivity index (χ0n) is 12.0. The summed E-state index contributed by atoms with van der Waals surface area (Å²) in [5, 5.41) is 14.1. The standard InChI is InChI=1S/C14H18N2O5/c1-9-11(5-6-21-9)8-15-12-7-10(14(17)20-2)3-4-13(12)16(18)19/h3-4,7,9,11,15H,5-6,8H2,1-2H3. The summed E-state index contributed by atoms with van der Waals surface area (Å²) in [6.07, 6.45) is 1.04. The van der Waals surface area contributed by atoms with Crippen molar-refractivity contribution in [2.24, 2.45) is 5.92 Å². The molecule has 0 bridgehead atoms. The number of ether oxygens (including phenoxy) is 2. The van der Waals surface area contributed by atoms with Crippen molar-refractivity contribution < 1.29 is 19.2 Å². The lowest BCUT2D eigenvalue weighted by molar-refractivity contribution is -0.384. The third-order valence-electron chi connectivity index (χ3n) is 3.70. The molecule has 0 aromatic heterocycles. The number of anilines is 1. The van der Waals surface area contributed by atoms with Crippen LogP contribution in [0.15, 0.2) is 18.2 Å². The minimum atomic E-state index is -0.523. The average molecular weight is 294 g/mol. The molecule has 1 N–H and O–H groups in total. The van der Waals surface area contributed by atoms with E-state index in [0.717, 1.165) is 6.42 Å². The number of nitro benzene ring substituents is 1. The fourth-order valence-electron chi connectivity index (χ4n) is 2.37. The summed E-state index contributed by atoms with van der Waals surface area (Å²) in [5.74, 6) is -0.225. The van der Waals surface area contributed by atoms with E-state index >= 15 is 0 Å². The Bertz CT molecular complexity index is 546. The number of nitrogens with zero attached hydrogens (tertiary/aromatic N) is 1. The van der Waals surface area contributed by atoms with Gasteiger partial charge in [0.2, 0.25) is 0 Å². The van der Waals surface area contributed by atoms with Crippen LogP contribution in [-0.4, -0.2) is 37.3 Å². The van der Waals surface area contributed by atoms with Crippen LogP contribution in [-0.2, 0) is 9.47 Å². The van der Waals surface area contributed by atoms with Crippen molar-refractivity contribution >= 4 is 17.3 Å². The SMILES string of the molecule is COC(=O)c1ccc([N+](=O)[O-])c(NCC2CCOC2C)c1. The maximum Gasteiger partial charge on any atom is 0.337 e. The van der Waals surface area contributed by atoms with E-state index in [4.69, 9.17) is 4.74 Å². The lowest BCUT2D eigenvalue weighted by Crippen LogP contribution is -2.21. The van der Waals surface area contributed by atoms with E-state index in [9.17, 15) is 14.9 Å². The van der Waals surface area contributed by atoms with E-state index in [1.54, 1.807) is 0 Å². The second-order valence-corrected chi connectivity index (χ2v) is 4.99. The average Bonchev–Trinajstić information content (AvgIpc) is 2.89. The van der Waals surface area contributed by atoms with E-state index in [-0.39, 0.29) is 17.4 Å². The maximum atomic E-state index is 11.5. The van der Waals surface area contributed by atoms with Crippen molar-refractivity contribution in [3.05, 3.63) is 33.9 Å². The van der Waals surface area contributed by atoms with Gasteiger partial charge in [0.15, 0.2) is 0 Å². The Kier molecular flexibility index (Phi) is 4.74. The molecule has 1 aliphatic heterocycles. The zero-order chi connectivity index (χ0) is 15.4. The molecule has 0 saturated carbocycles. The van der Waals surface area contributed by atoms with Gasteiger partial charge in [-0.15, -0.1) is 0 Å². The summed E-state index contributed by atoms with van der Waals surface area (Å²) in [5.41, 5.74) is 0.539. The largest absolute Gasteiger partial charge is 0.465 e. The Morgan fingerprint density at radius 1 is 1.57 bits per heavy atom. The molecular weight excluding hydrogens is 276 g/mol. The van der Waals surface area contributed by atoms with Gasteiger partial charge in [-0.3, -0.25) is 10.1 Å². The summed E-state index contributed by atoms with van der Waals surface area (Å²) >= 11 is 0. The Balaban J connectivity index is 2.18. The van der Waals surface area contributed by atoms with Crippen LogP contribution >= 0.6 is 0 Å². The molecule has 21 heavy (non-hydrogen) atoms. The molecule has 0 aliphatic carbocycles.